The molecule has 0 spiro atoms. The van der Waals surface area contributed by atoms with Crippen LogP contribution in [0.2, 0.25) is 0 Å². The third kappa shape index (κ3) is 2.24. The summed E-state index contributed by atoms with van der Waals surface area (Å²) in [6.45, 7) is 0.206. The van der Waals surface area contributed by atoms with Gasteiger partial charge in [0.15, 0.2) is 23.0 Å². The van der Waals surface area contributed by atoms with Gasteiger partial charge < -0.3 is 25.7 Å². The molecule has 0 unspecified atom stereocenters. The SMILES string of the molecule is Oc1cccc(CNc2cccc(O)c2O)c1O. The van der Waals surface area contributed by atoms with Crippen LogP contribution in [0.1, 0.15) is 5.56 Å². The molecule has 0 radical (unpaired) electrons. The van der Waals surface area contributed by atoms with Crippen molar-refractivity contribution in [3.05, 3.63) is 42.0 Å². The molecule has 0 bridgehead atoms. The van der Waals surface area contributed by atoms with Crippen molar-refractivity contribution in [1.29, 1.82) is 0 Å². The topological polar surface area (TPSA) is 93.0 Å². The molecular weight excluding hydrogens is 234 g/mol. The smallest absolute Gasteiger partial charge is 0.181 e. The second-order valence-corrected chi connectivity index (χ2v) is 3.81. The lowest BCUT2D eigenvalue weighted by atomic mass is 10.1. The largest absolute Gasteiger partial charge is 0.504 e. The van der Waals surface area contributed by atoms with E-state index in [4.69, 9.17) is 0 Å². The zero-order chi connectivity index (χ0) is 13.1. The van der Waals surface area contributed by atoms with Crippen LogP contribution in [0.25, 0.3) is 0 Å². The minimum Gasteiger partial charge on any atom is -0.504 e. The van der Waals surface area contributed by atoms with E-state index in [-0.39, 0.29) is 29.5 Å². The molecular formula is C13H13NO4. The first kappa shape index (κ1) is 11.9. The van der Waals surface area contributed by atoms with E-state index >= 15 is 0 Å². The zero-order valence-corrected chi connectivity index (χ0v) is 9.46. The highest BCUT2D eigenvalue weighted by Crippen LogP contribution is 2.34. The van der Waals surface area contributed by atoms with Gasteiger partial charge in [-0.2, -0.15) is 0 Å². The molecule has 2 aromatic carbocycles. The highest BCUT2D eigenvalue weighted by atomic mass is 16.3. The number of aromatic hydroxyl groups is 4. The zero-order valence-electron chi connectivity index (χ0n) is 9.46. The highest BCUT2D eigenvalue weighted by Gasteiger charge is 2.08. The van der Waals surface area contributed by atoms with E-state index in [9.17, 15) is 20.4 Å². The van der Waals surface area contributed by atoms with Gasteiger partial charge in [0.1, 0.15) is 0 Å². The molecule has 5 nitrogen and oxygen atoms in total. The Morgan fingerprint density at radius 3 is 2.11 bits per heavy atom. The fourth-order valence-electron chi connectivity index (χ4n) is 1.58. The van der Waals surface area contributed by atoms with Crippen molar-refractivity contribution in [2.24, 2.45) is 0 Å². The predicted molar refractivity (Wildman–Crippen MR) is 66.9 cm³/mol. The molecule has 2 rings (SSSR count). The first-order chi connectivity index (χ1) is 8.59. The van der Waals surface area contributed by atoms with Crippen molar-refractivity contribution in [1.82, 2.24) is 0 Å². The van der Waals surface area contributed by atoms with Crippen LogP contribution in [-0.4, -0.2) is 20.4 Å². The van der Waals surface area contributed by atoms with Gasteiger partial charge in [-0.25, -0.2) is 0 Å². The van der Waals surface area contributed by atoms with E-state index in [0.717, 1.165) is 0 Å². The van der Waals surface area contributed by atoms with Gasteiger partial charge in [-0.05, 0) is 18.2 Å². The summed E-state index contributed by atoms with van der Waals surface area (Å²) in [7, 11) is 0. The maximum absolute atomic E-state index is 9.60. The minimum atomic E-state index is -0.253. The van der Waals surface area contributed by atoms with Gasteiger partial charge in [0.2, 0.25) is 0 Å². The molecule has 0 aliphatic carbocycles. The maximum atomic E-state index is 9.60. The quantitative estimate of drug-likeness (QED) is 0.536. The molecule has 0 heterocycles. The van der Waals surface area contributed by atoms with Crippen LogP contribution >= 0.6 is 0 Å². The lowest BCUT2D eigenvalue weighted by Gasteiger charge is -2.10. The van der Waals surface area contributed by atoms with Crippen LogP contribution in [-0.2, 0) is 6.54 Å². The number of hydrogen-bond donors (Lipinski definition) is 5. The fourth-order valence-corrected chi connectivity index (χ4v) is 1.58. The van der Waals surface area contributed by atoms with Crippen LogP contribution in [0, 0.1) is 0 Å². The third-order valence-electron chi connectivity index (χ3n) is 2.58. The Hall–Kier alpha value is -2.56. The monoisotopic (exact) mass is 247 g/mol. The molecule has 2 aromatic rings. The summed E-state index contributed by atoms with van der Waals surface area (Å²) in [5, 5.41) is 40.7. The van der Waals surface area contributed by atoms with E-state index in [1.807, 2.05) is 0 Å². The second kappa shape index (κ2) is 4.75. The van der Waals surface area contributed by atoms with E-state index in [1.54, 1.807) is 24.3 Å². The summed E-state index contributed by atoms with van der Waals surface area (Å²) in [4.78, 5) is 0. The van der Waals surface area contributed by atoms with Crippen LogP contribution in [0.4, 0.5) is 5.69 Å². The number of phenols is 4. The van der Waals surface area contributed by atoms with Crippen molar-refractivity contribution in [2.45, 2.75) is 6.54 Å². The number of benzene rings is 2. The average Bonchev–Trinajstić information content (AvgIpc) is 2.36. The van der Waals surface area contributed by atoms with E-state index in [0.29, 0.717) is 11.3 Å². The maximum Gasteiger partial charge on any atom is 0.181 e. The summed E-state index contributed by atoms with van der Waals surface area (Å²) in [6.07, 6.45) is 0. The van der Waals surface area contributed by atoms with Gasteiger partial charge >= 0.3 is 0 Å². The number of hydrogen-bond acceptors (Lipinski definition) is 5. The van der Waals surface area contributed by atoms with Gasteiger partial charge in [-0.3, -0.25) is 0 Å². The number of anilines is 1. The molecule has 0 aliphatic heterocycles. The van der Waals surface area contributed by atoms with Crippen molar-refractivity contribution in [3.63, 3.8) is 0 Å². The predicted octanol–water partition coefficient (Wildman–Crippen LogP) is 2.12. The molecule has 5 heteroatoms. The molecule has 0 atom stereocenters. The number of rotatable bonds is 3. The molecule has 5 N–H and O–H groups in total. The van der Waals surface area contributed by atoms with Crippen LogP contribution < -0.4 is 5.32 Å². The van der Waals surface area contributed by atoms with Crippen molar-refractivity contribution >= 4 is 5.69 Å². The lowest BCUT2D eigenvalue weighted by Crippen LogP contribution is -1.99. The Balaban J connectivity index is 2.17. The van der Waals surface area contributed by atoms with Gasteiger partial charge in [-0.1, -0.05) is 18.2 Å². The van der Waals surface area contributed by atoms with E-state index in [1.165, 1.54) is 12.1 Å². The van der Waals surface area contributed by atoms with E-state index in [2.05, 4.69) is 5.32 Å². The summed E-state index contributed by atoms with van der Waals surface area (Å²) >= 11 is 0. The Labute approximate surface area is 104 Å². The molecule has 0 aromatic heterocycles. The highest BCUT2D eigenvalue weighted by molar-refractivity contribution is 5.62. The summed E-state index contributed by atoms with van der Waals surface area (Å²) in [5.41, 5.74) is 0.829. The Morgan fingerprint density at radius 2 is 1.39 bits per heavy atom. The van der Waals surface area contributed by atoms with Crippen molar-refractivity contribution in [3.8, 4) is 23.0 Å². The molecule has 0 saturated heterocycles. The van der Waals surface area contributed by atoms with Gasteiger partial charge in [-0.15, -0.1) is 0 Å². The van der Waals surface area contributed by atoms with Crippen LogP contribution in [0.3, 0.4) is 0 Å². The molecule has 94 valence electrons. The summed E-state index contributed by atoms with van der Waals surface area (Å²) in [6, 6.07) is 9.17. The number of para-hydroxylation sites is 2. The molecule has 0 aliphatic rings. The second-order valence-electron chi connectivity index (χ2n) is 3.81. The molecule has 18 heavy (non-hydrogen) atoms. The lowest BCUT2D eigenvalue weighted by molar-refractivity contribution is 0.399. The van der Waals surface area contributed by atoms with Crippen molar-refractivity contribution < 1.29 is 20.4 Å². The third-order valence-corrected chi connectivity index (χ3v) is 2.58. The molecule has 0 saturated carbocycles. The van der Waals surface area contributed by atoms with Crippen molar-refractivity contribution in [2.75, 3.05) is 5.32 Å². The number of phenolic OH excluding ortho intramolecular Hbond substituents is 4. The summed E-state index contributed by atoms with van der Waals surface area (Å²) < 4.78 is 0. The molecule has 0 fully saturated rings. The van der Waals surface area contributed by atoms with Crippen LogP contribution in [0.5, 0.6) is 23.0 Å². The molecule has 0 amide bonds. The Morgan fingerprint density at radius 1 is 0.778 bits per heavy atom. The average molecular weight is 247 g/mol. The normalized spacial score (nSPS) is 10.2. The first-order valence-corrected chi connectivity index (χ1v) is 5.34. The van der Waals surface area contributed by atoms with Crippen LogP contribution in [0.15, 0.2) is 36.4 Å². The Kier molecular flexibility index (Phi) is 3.14. The minimum absolute atomic E-state index is 0.200. The van der Waals surface area contributed by atoms with Gasteiger partial charge in [0.25, 0.3) is 0 Å². The Bertz CT molecular complexity index is 517. The standard InChI is InChI=1S/C13H13NO4/c15-10-5-1-3-8(12(10)17)7-14-9-4-2-6-11(16)13(9)18/h1-6,14-18H,7H2. The summed E-state index contributed by atoms with van der Waals surface area (Å²) in [5.74, 6) is -0.878. The van der Waals surface area contributed by atoms with E-state index < -0.39 is 0 Å². The first-order valence-electron chi connectivity index (χ1n) is 5.34. The fraction of sp³-hybridized carbons (Fsp3) is 0.0769. The number of nitrogens with one attached hydrogen (secondary N) is 1. The van der Waals surface area contributed by atoms with Gasteiger partial charge in [0.05, 0.1) is 5.69 Å². The van der Waals surface area contributed by atoms with Gasteiger partial charge in [0, 0.05) is 12.1 Å².